The van der Waals surface area contributed by atoms with Crippen LogP contribution in [0.3, 0.4) is 0 Å². The summed E-state index contributed by atoms with van der Waals surface area (Å²) in [7, 11) is 0. The van der Waals surface area contributed by atoms with Crippen molar-refractivity contribution in [3.8, 4) is 5.75 Å². The van der Waals surface area contributed by atoms with Gasteiger partial charge in [-0.05, 0) is 38.0 Å². The zero-order valence-corrected chi connectivity index (χ0v) is 13.4. The Hall–Kier alpha value is -1.33. The molecule has 114 valence electrons. The predicted molar refractivity (Wildman–Crippen MR) is 87.6 cm³/mol. The van der Waals surface area contributed by atoms with E-state index in [1.807, 2.05) is 0 Å². The fraction of sp³-hybridized carbons (Fsp3) is 0.467. The second kappa shape index (κ2) is 7.09. The zero-order valence-electron chi connectivity index (χ0n) is 11.8. The lowest BCUT2D eigenvalue weighted by Crippen LogP contribution is -2.46. The number of nitrogens with two attached hydrogens (primary N) is 1. The van der Waals surface area contributed by atoms with Gasteiger partial charge in [-0.15, -0.1) is 0 Å². The van der Waals surface area contributed by atoms with Crippen LogP contribution in [0.1, 0.15) is 26.2 Å². The van der Waals surface area contributed by atoms with Crippen LogP contribution in [0, 0.1) is 5.92 Å². The summed E-state index contributed by atoms with van der Waals surface area (Å²) in [4.78, 5) is 12.7. The van der Waals surface area contributed by atoms with E-state index in [-0.39, 0.29) is 17.9 Å². The topological polar surface area (TPSA) is 64.3 Å². The Morgan fingerprint density at radius 2 is 2.29 bits per heavy atom. The Balaban J connectivity index is 1.92. The van der Waals surface area contributed by atoms with Crippen molar-refractivity contribution in [3.63, 3.8) is 0 Å². The van der Waals surface area contributed by atoms with Gasteiger partial charge in [0.05, 0.1) is 4.99 Å². The number of thiocarbonyl (C=S) groups is 1. The summed E-state index contributed by atoms with van der Waals surface area (Å²) in [5.74, 6) is 0.493. The van der Waals surface area contributed by atoms with Gasteiger partial charge in [0.25, 0.3) is 5.91 Å². The van der Waals surface area contributed by atoms with E-state index in [4.69, 9.17) is 34.3 Å². The quantitative estimate of drug-likeness (QED) is 0.817. The van der Waals surface area contributed by atoms with E-state index in [0.29, 0.717) is 15.8 Å². The van der Waals surface area contributed by atoms with E-state index in [1.54, 1.807) is 31.2 Å². The van der Waals surface area contributed by atoms with Crippen LogP contribution in [-0.4, -0.2) is 23.0 Å². The van der Waals surface area contributed by atoms with Gasteiger partial charge in [-0.2, -0.15) is 0 Å². The van der Waals surface area contributed by atoms with Crippen molar-refractivity contribution in [3.05, 3.63) is 29.3 Å². The van der Waals surface area contributed by atoms with Gasteiger partial charge in [-0.1, -0.05) is 36.3 Å². The molecule has 1 aliphatic rings. The Kier molecular flexibility index (Phi) is 5.42. The molecule has 1 aliphatic carbocycles. The summed E-state index contributed by atoms with van der Waals surface area (Å²) in [5, 5.41) is 3.55. The maximum absolute atomic E-state index is 12.2. The predicted octanol–water partition coefficient (Wildman–Crippen LogP) is 2.68. The smallest absolute Gasteiger partial charge is 0.261 e. The van der Waals surface area contributed by atoms with E-state index in [9.17, 15) is 4.79 Å². The molecular formula is C15H19ClN2O2S. The number of halogens is 1. The second-order valence-electron chi connectivity index (χ2n) is 5.27. The number of amides is 1. The molecule has 1 saturated carbocycles. The SMILES string of the molecule is CC(Oc1cccc(Cl)c1)C(=O)NC1CCCC1C(N)=S. The van der Waals surface area contributed by atoms with Crippen molar-refractivity contribution >= 4 is 34.7 Å². The van der Waals surface area contributed by atoms with E-state index in [2.05, 4.69) is 5.32 Å². The summed E-state index contributed by atoms with van der Waals surface area (Å²) in [6.45, 7) is 1.71. The summed E-state index contributed by atoms with van der Waals surface area (Å²) in [6, 6.07) is 6.99. The molecule has 0 radical (unpaired) electrons. The molecule has 21 heavy (non-hydrogen) atoms. The number of rotatable bonds is 5. The van der Waals surface area contributed by atoms with Crippen molar-refractivity contribution in [1.82, 2.24) is 5.32 Å². The Bertz CT molecular complexity index is 538. The van der Waals surface area contributed by atoms with Crippen molar-refractivity contribution in [2.75, 3.05) is 0 Å². The van der Waals surface area contributed by atoms with Gasteiger partial charge in [-0.3, -0.25) is 4.79 Å². The molecule has 2 rings (SSSR count). The molecule has 4 nitrogen and oxygen atoms in total. The van der Waals surface area contributed by atoms with Crippen LogP contribution in [-0.2, 0) is 4.79 Å². The standard InChI is InChI=1S/C15H19ClN2O2S/c1-9(20-11-5-2-4-10(16)8-11)15(19)18-13-7-3-6-12(13)14(17)21/h2,4-5,8-9,12-13H,3,6-7H2,1H3,(H2,17,21)(H,18,19). The van der Waals surface area contributed by atoms with Gasteiger partial charge >= 0.3 is 0 Å². The molecule has 0 aromatic heterocycles. The average molecular weight is 327 g/mol. The lowest BCUT2D eigenvalue weighted by atomic mass is 10.0. The first-order valence-electron chi connectivity index (χ1n) is 6.99. The van der Waals surface area contributed by atoms with Crippen LogP contribution in [0.2, 0.25) is 5.02 Å². The molecule has 1 aromatic rings. The van der Waals surface area contributed by atoms with Gasteiger partial charge in [0.2, 0.25) is 0 Å². The van der Waals surface area contributed by atoms with Crippen LogP contribution in [0.4, 0.5) is 0 Å². The highest BCUT2D eigenvalue weighted by Gasteiger charge is 2.31. The molecule has 0 bridgehead atoms. The number of nitrogens with one attached hydrogen (secondary N) is 1. The maximum Gasteiger partial charge on any atom is 0.261 e. The first kappa shape index (κ1) is 16.0. The maximum atomic E-state index is 12.2. The second-order valence-corrected chi connectivity index (χ2v) is 6.18. The van der Waals surface area contributed by atoms with Crippen molar-refractivity contribution in [2.24, 2.45) is 11.7 Å². The number of hydrogen-bond acceptors (Lipinski definition) is 3. The van der Waals surface area contributed by atoms with E-state index in [0.717, 1.165) is 19.3 Å². The van der Waals surface area contributed by atoms with E-state index in [1.165, 1.54) is 0 Å². The monoisotopic (exact) mass is 326 g/mol. The third-order valence-corrected chi connectivity index (χ3v) is 4.23. The number of carbonyl (C=O) groups excluding carboxylic acids is 1. The minimum absolute atomic E-state index is 0.0143. The molecule has 0 spiro atoms. The lowest BCUT2D eigenvalue weighted by Gasteiger charge is -2.22. The number of ether oxygens (including phenoxy) is 1. The number of carbonyl (C=O) groups is 1. The minimum Gasteiger partial charge on any atom is -0.481 e. The first-order chi connectivity index (χ1) is 9.97. The summed E-state index contributed by atoms with van der Waals surface area (Å²) >= 11 is 10.9. The normalized spacial score (nSPS) is 22.6. The molecular weight excluding hydrogens is 308 g/mol. The molecule has 1 aromatic carbocycles. The van der Waals surface area contributed by atoms with E-state index < -0.39 is 6.10 Å². The molecule has 6 heteroatoms. The molecule has 3 atom stereocenters. The Morgan fingerprint density at radius 3 is 2.95 bits per heavy atom. The van der Waals surface area contributed by atoms with Crippen LogP contribution in [0.25, 0.3) is 0 Å². The first-order valence-corrected chi connectivity index (χ1v) is 7.78. The van der Waals surface area contributed by atoms with Crippen LogP contribution in [0.15, 0.2) is 24.3 Å². The van der Waals surface area contributed by atoms with Gasteiger partial charge in [0.15, 0.2) is 6.10 Å². The highest BCUT2D eigenvalue weighted by atomic mass is 35.5. The Labute approximate surface area is 135 Å². The molecule has 3 N–H and O–H groups in total. The molecule has 0 heterocycles. The largest absolute Gasteiger partial charge is 0.481 e. The highest BCUT2D eigenvalue weighted by molar-refractivity contribution is 7.80. The third kappa shape index (κ3) is 4.32. The van der Waals surface area contributed by atoms with Crippen molar-refractivity contribution < 1.29 is 9.53 Å². The van der Waals surface area contributed by atoms with Crippen molar-refractivity contribution in [2.45, 2.75) is 38.3 Å². The average Bonchev–Trinajstić information content (AvgIpc) is 2.87. The van der Waals surface area contributed by atoms with Gasteiger partial charge in [0, 0.05) is 17.0 Å². The van der Waals surface area contributed by atoms with Gasteiger partial charge in [0.1, 0.15) is 5.75 Å². The fourth-order valence-corrected chi connectivity index (χ4v) is 3.03. The van der Waals surface area contributed by atoms with Crippen LogP contribution < -0.4 is 15.8 Å². The lowest BCUT2D eigenvalue weighted by molar-refractivity contribution is -0.128. The van der Waals surface area contributed by atoms with Crippen LogP contribution in [0.5, 0.6) is 5.75 Å². The minimum atomic E-state index is -0.601. The summed E-state index contributed by atoms with van der Waals surface area (Å²) < 4.78 is 5.60. The molecule has 0 aliphatic heterocycles. The van der Waals surface area contributed by atoms with Gasteiger partial charge in [-0.25, -0.2) is 0 Å². The highest BCUT2D eigenvalue weighted by Crippen LogP contribution is 2.26. The zero-order chi connectivity index (χ0) is 15.4. The third-order valence-electron chi connectivity index (χ3n) is 3.69. The molecule has 1 fully saturated rings. The van der Waals surface area contributed by atoms with E-state index >= 15 is 0 Å². The molecule has 1 amide bonds. The Morgan fingerprint density at radius 1 is 1.52 bits per heavy atom. The van der Waals surface area contributed by atoms with Crippen molar-refractivity contribution in [1.29, 1.82) is 0 Å². The fourth-order valence-electron chi connectivity index (χ4n) is 2.57. The summed E-state index contributed by atoms with van der Waals surface area (Å²) in [5.41, 5.74) is 5.71. The van der Waals surface area contributed by atoms with Gasteiger partial charge < -0.3 is 15.8 Å². The summed E-state index contributed by atoms with van der Waals surface area (Å²) in [6.07, 6.45) is 2.26. The number of hydrogen-bond donors (Lipinski definition) is 2. The molecule has 3 unspecified atom stereocenters. The van der Waals surface area contributed by atoms with Crippen LogP contribution >= 0.6 is 23.8 Å². The number of benzene rings is 1. The molecule has 0 saturated heterocycles.